The molecular weight excluding hydrogens is 230 g/mol. The fourth-order valence-corrected chi connectivity index (χ4v) is 2.09. The maximum absolute atomic E-state index is 14.3. The van der Waals surface area contributed by atoms with E-state index in [0.717, 1.165) is 11.1 Å². The zero-order chi connectivity index (χ0) is 13.9. The molecule has 0 fully saturated rings. The molecule has 0 bridgehead atoms. The Morgan fingerprint density at radius 1 is 1.28 bits per heavy atom. The van der Waals surface area contributed by atoms with Gasteiger partial charge in [-0.3, -0.25) is 0 Å². The van der Waals surface area contributed by atoms with Crippen LogP contribution in [0.1, 0.15) is 43.4 Å². The van der Waals surface area contributed by atoms with Crippen LogP contribution in [-0.2, 0) is 5.92 Å². The van der Waals surface area contributed by atoms with Crippen molar-refractivity contribution in [3.05, 3.63) is 53.6 Å². The van der Waals surface area contributed by atoms with E-state index in [-0.39, 0.29) is 11.1 Å². The summed E-state index contributed by atoms with van der Waals surface area (Å²) < 4.78 is 28.6. The maximum Gasteiger partial charge on any atom is 0.294 e. The van der Waals surface area contributed by atoms with Gasteiger partial charge in [0.1, 0.15) is 0 Å². The molecule has 2 heteroatoms. The van der Waals surface area contributed by atoms with Crippen LogP contribution in [0.2, 0.25) is 0 Å². The molecule has 0 atom stereocenters. The minimum atomic E-state index is -2.97. The van der Waals surface area contributed by atoms with Crippen LogP contribution in [0.3, 0.4) is 0 Å². The second kappa shape index (κ2) is 5.47. The molecule has 98 valence electrons. The predicted molar refractivity (Wildman–Crippen MR) is 73.8 cm³/mol. The first kappa shape index (κ1) is 14.6. The molecular formula is C16H20F2. The molecule has 0 N–H and O–H groups in total. The Morgan fingerprint density at radius 2 is 1.89 bits per heavy atom. The van der Waals surface area contributed by atoms with Crippen LogP contribution >= 0.6 is 0 Å². The van der Waals surface area contributed by atoms with Gasteiger partial charge >= 0.3 is 0 Å². The Labute approximate surface area is 108 Å². The van der Waals surface area contributed by atoms with Crippen LogP contribution < -0.4 is 0 Å². The molecule has 0 unspecified atom stereocenters. The Hall–Kier alpha value is -1.44. The Morgan fingerprint density at radius 3 is 2.39 bits per heavy atom. The second-order valence-electron chi connectivity index (χ2n) is 4.69. The third-order valence-electron chi connectivity index (χ3n) is 3.13. The van der Waals surface area contributed by atoms with Gasteiger partial charge in [-0.25, -0.2) is 0 Å². The smallest absolute Gasteiger partial charge is 0.196 e. The number of benzene rings is 1. The van der Waals surface area contributed by atoms with E-state index in [2.05, 4.69) is 13.2 Å². The van der Waals surface area contributed by atoms with Crippen molar-refractivity contribution in [2.24, 2.45) is 0 Å². The Bertz CT molecular complexity index is 470. The van der Waals surface area contributed by atoms with Crippen LogP contribution in [-0.4, -0.2) is 0 Å². The monoisotopic (exact) mass is 250 g/mol. The first-order valence-electron chi connectivity index (χ1n) is 6.14. The van der Waals surface area contributed by atoms with E-state index >= 15 is 0 Å². The molecule has 0 amide bonds. The lowest BCUT2D eigenvalue weighted by molar-refractivity contribution is 0.0339. The average molecular weight is 250 g/mol. The van der Waals surface area contributed by atoms with Gasteiger partial charge in [0.2, 0.25) is 0 Å². The molecule has 0 spiro atoms. The lowest BCUT2D eigenvalue weighted by atomic mass is 9.90. The topological polar surface area (TPSA) is 0 Å². The summed E-state index contributed by atoms with van der Waals surface area (Å²) >= 11 is 0. The summed E-state index contributed by atoms with van der Waals surface area (Å²) in [5.41, 5.74) is 2.20. The number of hydrogen-bond donors (Lipinski definition) is 0. The summed E-state index contributed by atoms with van der Waals surface area (Å²) in [6, 6.07) is 4.95. The van der Waals surface area contributed by atoms with Gasteiger partial charge in [-0.2, -0.15) is 8.78 Å². The van der Waals surface area contributed by atoms with Gasteiger partial charge in [-0.05, 0) is 37.0 Å². The third kappa shape index (κ3) is 2.69. The molecule has 0 radical (unpaired) electrons. The summed E-state index contributed by atoms with van der Waals surface area (Å²) in [6.07, 6.45) is 1.01. The summed E-state index contributed by atoms with van der Waals surface area (Å²) in [5, 5.41) is 0. The lowest BCUT2D eigenvalue weighted by Gasteiger charge is -2.22. The van der Waals surface area contributed by atoms with Crippen LogP contribution in [0.25, 0.3) is 5.57 Å². The summed E-state index contributed by atoms with van der Waals surface area (Å²) in [5.74, 6) is -2.97. The molecule has 18 heavy (non-hydrogen) atoms. The van der Waals surface area contributed by atoms with Crippen molar-refractivity contribution in [2.75, 3.05) is 0 Å². The van der Waals surface area contributed by atoms with Crippen LogP contribution in [0, 0.1) is 6.92 Å². The van der Waals surface area contributed by atoms with Crippen molar-refractivity contribution < 1.29 is 8.78 Å². The lowest BCUT2D eigenvalue weighted by Crippen LogP contribution is -2.18. The highest BCUT2D eigenvalue weighted by atomic mass is 19.3. The standard InChI is InChI=1S/C16H20F2/c1-6-8-12(4)16(17,18)15-10-7-9-14(11(2)3)13(15)5/h7,9-10H,2,4,6,8H2,1,3,5H3. The van der Waals surface area contributed by atoms with E-state index < -0.39 is 5.92 Å². The van der Waals surface area contributed by atoms with E-state index in [1.807, 2.05) is 19.9 Å². The number of rotatable bonds is 5. The third-order valence-corrected chi connectivity index (χ3v) is 3.13. The van der Waals surface area contributed by atoms with Crippen molar-refractivity contribution in [2.45, 2.75) is 39.5 Å². The van der Waals surface area contributed by atoms with Crippen molar-refractivity contribution in [1.29, 1.82) is 0 Å². The van der Waals surface area contributed by atoms with E-state index in [1.54, 1.807) is 13.0 Å². The van der Waals surface area contributed by atoms with Gasteiger partial charge in [-0.15, -0.1) is 0 Å². The molecule has 1 rings (SSSR count). The number of allylic oxidation sites excluding steroid dienone is 2. The van der Waals surface area contributed by atoms with Gasteiger partial charge in [0.25, 0.3) is 5.92 Å². The first-order valence-corrected chi connectivity index (χ1v) is 6.14. The molecule has 0 aromatic heterocycles. The highest BCUT2D eigenvalue weighted by Gasteiger charge is 2.36. The molecule has 1 aromatic rings. The molecule has 1 aromatic carbocycles. The molecule has 0 saturated heterocycles. The fraction of sp³-hybridized carbons (Fsp3) is 0.375. The summed E-state index contributed by atoms with van der Waals surface area (Å²) in [7, 11) is 0. The molecule has 0 heterocycles. The van der Waals surface area contributed by atoms with Crippen LogP contribution in [0.5, 0.6) is 0 Å². The average Bonchev–Trinajstić information content (AvgIpc) is 2.28. The minimum Gasteiger partial charge on any atom is -0.196 e. The number of halogens is 2. The van der Waals surface area contributed by atoms with Crippen LogP contribution in [0.4, 0.5) is 8.78 Å². The molecule has 0 aliphatic carbocycles. The largest absolute Gasteiger partial charge is 0.294 e. The van der Waals surface area contributed by atoms with E-state index in [0.29, 0.717) is 18.4 Å². The Kier molecular flexibility index (Phi) is 4.44. The van der Waals surface area contributed by atoms with Crippen molar-refractivity contribution in [3.63, 3.8) is 0 Å². The van der Waals surface area contributed by atoms with E-state index in [4.69, 9.17) is 0 Å². The summed E-state index contributed by atoms with van der Waals surface area (Å²) in [4.78, 5) is 0. The number of hydrogen-bond acceptors (Lipinski definition) is 0. The highest BCUT2D eigenvalue weighted by Crippen LogP contribution is 2.40. The first-order chi connectivity index (χ1) is 8.32. The quantitative estimate of drug-likeness (QED) is 0.607. The zero-order valence-corrected chi connectivity index (χ0v) is 11.3. The molecule has 0 nitrogen and oxygen atoms in total. The molecule has 0 saturated carbocycles. The van der Waals surface area contributed by atoms with E-state index in [9.17, 15) is 8.78 Å². The second-order valence-corrected chi connectivity index (χ2v) is 4.69. The number of alkyl halides is 2. The van der Waals surface area contributed by atoms with Crippen molar-refractivity contribution in [3.8, 4) is 0 Å². The van der Waals surface area contributed by atoms with E-state index in [1.165, 1.54) is 6.07 Å². The van der Waals surface area contributed by atoms with Gasteiger partial charge in [0.05, 0.1) is 0 Å². The van der Waals surface area contributed by atoms with Crippen molar-refractivity contribution >= 4 is 5.57 Å². The minimum absolute atomic E-state index is 0.0213. The van der Waals surface area contributed by atoms with Gasteiger partial charge in [0, 0.05) is 5.56 Å². The fourth-order valence-electron chi connectivity index (χ4n) is 2.09. The van der Waals surface area contributed by atoms with Crippen LogP contribution in [0.15, 0.2) is 36.9 Å². The molecule has 0 aliphatic rings. The maximum atomic E-state index is 14.3. The zero-order valence-electron chi connectivity index (χ0n) is 11.3. The summed E-state index contributed by atoms with van der Waals surface area (Å²) in [6.45, 7) is 12.8. The highest BCUT2D eigenvalue weighted by molar-refractivity contribution is 5.66. The van der Waals surface area contributed by atoms with Gasteiger partial charge < -0.3 is 0 Å². The SMILES string of the molecule is C=C(C)c1cccc(C(F)(F)C(=C)CCC)c1C. The normalized spacial score (nSPS) is 11.4. The van der Waals surface area contributed by atoms with Crippen molar-refractivity contribution in [1.82, 2.24) is 0 Å². The molecule has 0 aliphatic heterocycles. The van der Waals surface area contributed by atoms with Gasteiger partial charge in [0.15, 0.2) is 0 Å². The predicted octanol–water partition coefficient (Wildman–Crippen LogP) is 5.48. The van der Waals surface area contributed by atoms with Gasteiger partial charge in [-0.1, -0.05) is 50.3 Å². The Balaban J connectivity index is 3.29.